The Kier molecular flexibility index (Phi) is 10.2. The number of carbonyl (C=O) groups is 2. The summed E-state index contributed by atoms with van der Waals surface area (Å²) in [7, 11) is -4.12. The first-order valence-corrected chi connectivity index (χ1v) is 14.4. The van der Waals surface area contributed by atoms with Gasteiger partial charge in [-0.1, -0.05) is 66.5 Å². The van der Waals surface area contributed by atoms with E-state index in [2.05, 4.69) is 5.32 Å². The molecule has 0 saturated carbocycles. The Bertz CT molecular complexity index is 1360. The minimum atomic E-state index is -4.12. The maximum atomic E-state index is 14.0. The van der Waals surface area contributed by atoms with E-state index in [9.17, 15) is 18.0 Å². The average Bonchev–Trinajstić information content (AvgIpc) is 2.89. The van der Waals surface area contributed by atoms with Crippen molar-refractivity contribution in [3.8, 4) is 0 Å². The lowest BCUT2D eigenvalue weighted by molar-refractivity contribution is -0.140. The Morgan fingerprint density at radius 1 is 0.921 bits per heavy atom. The highest BCUT2D eigenvalue weighted by Gasteiger charge is 2.34. The molecule has 0 saturated heterocycles. The summed E-state index contributed by atoms with van der Waals surface area (Å²) >= 11 is 12.8. The third kappa shape index (κ3) is 6.87. The third-order valence-corrected chi connectivity index (χ3v) is 8.52. The summed E-state index contributed by atoms with van der Waals surface area (Å²) in [5.41, 5.74) is 1.64. The van der Waals surface area contributed by atoms with Crippen molar-refractivity contribution in [1.29, 1.82) is 0 Å². The molecule has 0 spiro atoms. The number of amides is 2. The van der Waals surface area contributed by atoms with Gasteiger partial charge in [-0.3, -0.25) is 13.9 Å². The molecule has 3 rings (SSSR count). The van der Waals surface area contributed by atoms with Gasteiger partial charge >= 0.3 is 0 Å². The number of nitrogens with one attached hydrogen (secondary N) is 1. The van der Waals surface area contributed by atoms with Gasteiger partial charge in [-0.15, -0.1) is 0 Å². The van der Waals surface area contributed by atoms with E-state index < -0.39 is 28.5 Å². The largest absolute Gasteiger partial charge is 0.355 e. The van der Waals surface area contributed by atoms with E-state index in [-0.39, 0.29) is 17.3 Å². The third-order valence-electron chi connectivity index (χ3n) is 6.03. The number of likely N-dealkylation sites (N-methyl/N-ethyl adjacent to an activating group) is 1. The lowest BCUT2D eigenvalue weighted by Crippen LogP contribution is -2.52. The van der Waals surface area contributed by atoms with Crippen molar-refractivity contribution in [1.82, 2.24) is 10.2 Å². The molecule has 7 nitrogen and oxygen atoms in total. The molecule has 1 N–H and O–H groups in total. The van der Waals surface area contributed by atoms with Crippen molar-refractivity contribution >= 4 is 50.7 Å². The van der Waals surface area contributed by atoms with Crippen LogP contribution in [0.4, 0.5) is 5.69 Å². The van der Waals surface area contributed by atoms with Gasteiger partial charge in [0.1, 0.15) is 12.6 Å². The van der Waals surface area contributed by atoms with Crippen LogP contribution >= 0.6 is 23.2 Å². The highest BCUT2D eigenvalue weighted by Crippen LogP contribution is 2.29. The monoisotopic (exact) mass is 575 g/mol. The Labute approximate surface area is 234 Å². The molecule has 0 aliphatic rings. The second kappa shape index (κ2) is 13.1. The fraction of sp³-hybridized carbons (Fsp3) is 0.286. The minimum absolute atomic E-state index is 0.0470. The summed E-state index contributed by atoms with van der Waals surface area (Å²) in [6.07, 6.45) is 0.301. The SMILES string of the molecule is CCNC(=O)[C@H](CC)N(Cc1c(Cl)cccc1Cl)C(=O)CN(c1cccc(C)c1)S(=O)(=O)c1ccccc1. The summed E-state index contributed by atoms with van der Waals surface area (Å²) in [4.78, 5) is 28.4. The summed E-state index contributed by atoms with van der Waals surface area (Å²) in [6, 6.07) is 18.9. The molecule has 0 bridgehead atoms. The van der Waals surface area contributed by atoms with Gasteiger partial charge in [-0.2, -0.15) is 0 Å². The van der Waals surface area contributed by atoms with Crippen LogP contribution in [0.1, 0.15) is 31.4 Å². The molecular weight excluding hydrogens is 545 g/mol. The Morgan fingerprint density at radius 3 is 2.13 bits per heavy atom. The van der Waals surface area contributed by atoms with Crippen molar-refractivity contribution < 1.29 is 18.0 Å². The van der Waals surface area contributed by atoms with E-state index in [4.69, 9.17) is 23.2 Å². The molecular formula is C28H31Cl2N3O4S. The first kappa shape index (κ1) is 29.5. The van der Waals surface area contributed by atoms with Crippen LogP contribution in [0.2, 0.25) is 10.0 Å². The first-order valence-electron chi connectivity index (χ1n) is 12.2. The molecule has 3 aromatic carbocycles. The van der Waals surface area contributed by atoms with Gasteiger partial charge in [0.15, 0.2) is 0 Å². The zero-order valence-corrected chi connectivity index (χ0v) is 23.9. The molecule has 0 aliphatic carbocycles. The molecule has 10 heteroatoms. The zero-order chi connectivity index (χ0) is 27.9. The van der Waals surface area contributed by atoms with Gasteiger partial charge in [0.05, 0.1) is 10.6 Å². The second-order valence-electron chi connectivity index (χ2n) is 8.70. The number of hydrogen-bond acceptors (Lipinski definition) is 4. The number of rotatable bonds is 11. The predicted octanol–water partition coefficient (Wildman–Crippen LogP) is 5.44. The number of halogens is 2. The predicted molar refractivity (Wildman–Crippen MR) is 152 cm³/mol. The van der Waals surface area contributed by atoms with Gasteiger partial charge in [0.25, 0.3) is 10.0 Å². The normalized spacial score (nSPS) is 12.0. The highest BCUT2D eigenvalue weighted by atomic mass is 35.5. The maximum Gasteiger partial charge on any atom is 0.264 e. The van der Waals surface area contributed by atoms with Gasteiger partial charge in [-0.25, -0.2) is 8.42 Å². The van der Waals surface area contributed by atoms with E-state index in [1.54, 1.807) is 68.4 Å². The molecule has 0 heterocycles. The zero-order valence-electron chi connectivity index (χ0n) is 21.5. The average molecular weight is 577 g/mol. The van der Waals surface area contributed by atoms with Crippen LogP contribution < -0.4 is 9.62 Å². The number of sulfonamides is 1. The summed E-state index contributed by atoms with van der Waals surface area (Å²) in [5.74, 6) is -0.917. The van der Waals surface area contributed by atoms with Crippen LogP contribution in [0, 0.1) is 6.92 Å². The fourth-order valence-corrected chi connectivity index (χ4v) is 6.04. The lowest BCUT2D eigenvalue weighted by atomic mass is 10.1. The van der Waals surface area contributed by atoms with Crippen LogP contribution in [-0.4, -0.2) is 44.3 Å². The highest BCUT2D eigenvalue weighted by molar-refractivity contribution is 7.92. The molecule has 0 unspecified atom stereocenters. The van der Waals surface area contributed by atoms with Crippen molar-refractivity contribution in [2.24, 2.45) is 0 Å². The molecule has 1 atom stereocenters. The van der Waals surface area contributed by atoms with Crippen molar-refractivity contribution in [2.45, 2.75) is 44.7 Å². The van der Waals surface area contributed by atoms with E-state index >= 15 is 0 Å². The standard InChI is InChI=1S/C28H31Cl2N3O4S/c1-4-26(28(35)31-5-2)32(18-23-24(29)15-10-16-25(23)30)27(34)19-33(21-12-9-11-20(3)17-21)38(36,37)22-13-7-6-8-14-22/h6-17,26H,4-5,18-19H2,1-3H3,(H,31,35)/t26-/m0/s1. The van der Waals surface area contributed by atoms with E-state index in [1.165, 1.54) is 17.0 Å². The van der Waals surface area contributed by atoms with Crippen LogP contribution in [0.15, 0.2) is 77.7 Å². The number of hydrogen-bond donors (Lipinski definition) is 1. The second-order valence-corrected chi connectivity index (χ2v) is 11.4. The number of aryl methyl sites for hydroxylation is 1. The van der Waals surface area contributed by atoms with E-state index in [0.29, 0.717) is 34.3 Å². The van der Waals surface area contributed by atoms with Crippen molar-refractivity contribution in [3.05, 3.63) is 94.0 Å². The molecule has 0 aliphatic heterocycles. The molecule has 3 aromatic rings. The van der Waals surface area contributed by atoms with Gasteiger partial charge in [-0.05, 0) is 62.2 Å². The molecule has 202 valence electrons. The van der Waals surface area contributed by atoms with Gasteiger partial charge < -0.3 is 10.2 Å². The van der Waals surface area contributed by atoms with Crippen molar-refractivity contribution in [3.63, 3.8) is 0 Å². The molecule has 2 amide bonds. The Hall–Kier alpha value is -3.07. The van der Waals surface area contributed by atoms with Crippen LogP contribution in [-0.2, 0) is 26.2 Å². The summed E-state index contributed by atoms with van der Waals surface area (Å²) in [6.45, 7) is 5.19. The van der Waals surface area contributed by atoms with Crippen molar-refractivity contribution in [2.75, 3.05) is 17.4 Å². The minimum Gasteiger partial charge on any atom is -0.355 e. The summed E-state index contributed by atoms with van der Waals surface area (Å²) < 4.78 is 28.6. The first-order chi connectivity index (χ1) is 18.1. The quantitative estimate of drug-likeness (QED) is 0.330. The van der Waals surface area contributed by atoms with Gasteiger partial charge in [0, 0.05) is 28.7 Å². The Morgan fingerprint density at radius 2 is 1.55 bits per heavy atom. The maximum absolute atomic E-state index is 14.0. The number of nitrogens with zero attached hydrogens (tertiary/aromatic N) is 2. The Balaban J connectivity index is 2.09. The van der Waals surface area contributed by atoms with Gasteiger partial charge in [0.2, 0.25) is 11.8 Å². The molecule has 0 aromatic heterocycles. The number of carbonyl (C=O) groups excluding carboxylic acids is 2. The molecule has 0 fully saturated rings. The topological polar surface area (TPSA) is 86.8 Å². The van der Waals surface area contributed by atoms with E-state index in [1.807, 2.05) is 13.0 Å². The fourth-order valence-electron chi connectivity index (χ4n) is 4.10. The number of benzene rings is 3. The summed E-state index contributed by atoms with van der Waals surface area (Å²) in [5, 5.41) is 3.45. The van der Waals surface area contributed by atoms with E-state index in [0.717, 1.165) is 9.87 Å². The molecule has 38 heavy (non-hydrogen) atoms. The molecule has 0 radical (unpaired) electrons. The van der Waals surface area contributed by atoms with Crippen LogP contribution in [0.3, 0.4) is 0 Å². The smallest absolute Gasteiger partial charge is 0.264 e. The lowest BCUT2D eigenvalue weighted by Gasteiger charge is -2.33. The van der Waals surface area contributed by atoms with Crippen LogP contribution in [0.5, 0.6) is 0 Å². The number of anilines is 1. The van der Waals surface area contributed by atoms with Crippen LogP contribution in [0.25, 0.3) is 0 Å².